The quantitative estimate of drug-likeness (QED) is 0.355. The van der Waals surface area contributed by atoms with Gasteiger partial charge in [0.15, 0.2) is 0 Å². The molecule has 0 amide bonds. The van der Waals surface area contributed by atoms with Gasteiger partial charge in [-0.25, -0.2) is 0 Å². The maximum Gasteiger partial charge on any atom is 0.0613 e. The van der Waals surface area contributed by atoms with E-state index in [0.717, 1.165) is 17.3 Å². The second-order valence-corrected chi connectivity index (χ2v) is 5.87. The summed E-state index contributed by atoms with van der Waals surface area (Å²) >= 11 is 14.4. The van der Waals surface area contributed by atoms with Gasteiger partial charge in [-0.15, -0.1) is 0 Å². The molecule has 56 valence electrons. The first-order valence-electron chi connectivity index (χ1n) is 2.69. The molecule has 0 radical (unpaired) electrons. The van der Waals surface area contributed by atoms with Crippen molar-refractivity contribution in [1.82, 2.24) is 0 Å². The summed E-state index contributed by atoms with van der Waals surface area (Å²) in [6.45, 7) is 1.99. The fourth-order valence-electron chi connectivity index (χ4n) is 0.330. The summed E-state index contributed by atoms with van der Waals surface area (Å²) in [5.74, 6) is 2.99. The standard InChI is InChI=1S/C5H12S4/c1-5(7,8)4-9-3-2-6/h6-8H,2-4H2,1H3. The Labute approximate surface area is 77.8 Å². The van der Waals surface area contributed by atoms with Crippen LogP contribution in [0.4, 0.5) is 0 Å². The normalized spacial score (nSPS) is 12.0. The van der Waals surface area contributed by atoms with Gasteiger partial charge in [-0.3, -0.25) is 0 Å². The summed E-state index contributed by atoms with van der Waals surface area (Å²) in [5.41, 5.74) is 0. The third-order valence-corrected chi connectivity index (χ3v) is 3.16. The van der Waals surface area contributed by atoms with Crippen LogP contribution in [0.2, 0.25) is 0 Å². The van der Waals surface area contributed by atoms with Gasteiger partial charge >= 0.3 is 0 Å². The number of thiol groups is 3. The molecule has 4 heteroatoms. The van der Waals surface area contributed by atoms with Gasteiger partial charge in [0.2, 0.25) is 0 Å². The van der Waals surface area contributed by atoms with Crippen LogP contribution < -0.4 is 0 Å². The van der Waals surface area contributed by atoms with Crippen LogP contribution in [0.1, 0.15) is 6.92 Å². The van der Waals surface area contributed by atoms with E-state index in [4.69, 9.17) is 0 Å². The zero-order valence-electron chi connectivity index (χ0n) is 5.37. The van der Waals surface area contributed by atoms with Crippen LogP contribution in [0.3, 0.4) is 0 Å². The van der Waals surface area contributed by atoms with E-state index in [2.05, 4.69) is 37.9 Å². The van der Waals surface area contributed by atoms with Crippen LogP contribution >= 0.6 is 49.6 Å². The zero-order chi connectivity index (χ0) is 7.33. The maximum absolute atomic E-state index is 4.25. The average molecular weight is 200 g/mol. The second-order valence-electron chi connectivity index (χ2n) is 1.99. The van der Waals surface area contributed by atoms with E-state index in [9.17, 15) is 0 Å². The highest BCUT2D eigenvalue weighted by Crippen LogP contribution is 2.23. The maximum atomic E-state index is 4.25. The van der Waals surface area contributed by atoms with Crippen molar-refractivity contribution in [2.24, 2.45) is 0 Å². The molecule has 0 aromatic rings. The molecular weight excluding hydrogens is 188 g/mol. The lowest BCUT2D eigenvalue weighted by Crippen LogP contribution is -2.10. The molecule has 0 saturated carbocycles. The summed E-state index contributed by atoms with van der Waals surface area (Å²) in [4.78, 5) is 0. The molecule has 0 aliphatic heterocycles. The smallest absolute Gasteiger partial charge is 0.0613 e. The summed E-state index contributed by atoms with van der Waals surface area (Å²) in [5, 5.41) is 0. The first-order valence-corrected chi connectivity index (χ1v) is 5.38. The SMILES string of the molecule is CC(S)(S)CSCCS. The molecule has 0 fully saturated rings. The molecule has 0 nitrogen and oxygen atoms in total. The predicted octanol–water partition coefficient (Wildman–Crippen LogP) is 2.23. The number of hydrogen-bond acceptors (Lipinski definition) is 4. The van der Waals surface area contributed by atoms with Gasteiger partial charge in [-0.05, 0) is 12.7 Å². The third kappa shape index (κ3) is 9.40. The molecule has 0 rings (SSSR count). The van der Waals surface area contributed by atoms with E-state index in [-0.39, 0.29) is 4.08 Å². The fraction of sp³-hybridized carbons (Fsp3) is 1.00. The molecule has 0 aliphatic rings. The predicted molar refractivity (Wildman–Crippen MR) is 57.6 cm³/mol. The van der Waals surface area contributed by atoms with Crippen molar-refractivity contribution in [3.05, 3.63) is 0 Å². The van der Waals surface area contributed by atoms with Gasteiger partial charge in [-0.2, -0.15) is 49.6 Å². The Morgan fingerprint density at radius 1 is 1.44 bits per heavy atom. The van der Waals surface area contributed by atoms with Crippen LogP contribution in [0.15, 0.2) is 0 Å². The topological polar surface area (TPSA) is 0 Å². The van der Waals surface area contributed by atoms with Crippen LogP contribution in [-0.4, -0.2) is 21.3 Å². The monoisotopic (exact) mass is 200 g/mol. The van der Waals surface area contributed by atoms with Crippen molar-refractivity contribution < 1.29 is 0 Å². The lowest BCUT2D eigenvalue weighted by atomic mass is 10.5. The summed E-state index contributed by atoms with van der Waals surface area (Å²) in [6.07, 6.45) is 0. The van der Waals surface area contributed by atoms with Gasteiger partial charge in [0.05, 0.1) is 4.08 Å². The molecule has 0 N–H and O–H groups in total. The minimum absolute atomic E-state index is 0.131. The van der Waals surface area contributed by atoms with E-state index in [1.807, 2.05) is 18.7 Å². The fourth-order valence-corrected chi connectivity index (χ4v) is 1.93. The lowest BCUT2D eigenvalue weighted by molar-refractivity contribution is 1.07. The first-order chi connectivity index (χ1) is 4.06. The van der Waals surface area contributed by atoms with Gasteiger partial charge in [0.25, 0.3) is 0 Å². The van der Waals surface area contributed by atoms with E-state index in [0.29, 0.717) is 0 Å². The minimum atomic E-state index is -0.131. The Hall–Kier alpha value is 1.40. The molecule has 0 bridgehead atoms. The molecule has 0 aromatic carbocycles. The molecule has 9 heavy (non-hydrogen) atoms. The van der Waals surface area contributed by atoms with Crippen LogP contribution in [0, 0.1) is 0 Å². The van der Waals surface area contributed by atoms with Crippen molar-refractivity contribution in [3.63, 3.8) is 0 Å². The second kappa shape index (κ2) is 5.10. The highest BCUT2D eigenvalue weighted by Gasteiger charge is 2.10. The molecule has 0 atom stereocenters. The molecule has 0 saturated heterocycles. The van der Waals surface area contributed by atoms with Crippen molar-refractivity contribution in [2.75, 3.05) is 17.3 Å². The largest absolute Gasteiger partial charge is 0.179 e. The van der Waals surface area contributed by atoms with Gasteiger partial charge in [-0.1, -0.05) is 0 Å². The molecule has 0 heterocycles. The Bertz CT molecular complexity index is 65.8. The van der Waals surface area contributed by atoms with Gasteiger partial charge in [0, 0.05) is 11.5 Å². The Kier molecular flexibility index (Phi) is 5.90. The zero-order valence-corrected chi connectivity index (χ0v) is 8.87. The van der Waals surface area contributed by atoms with Crippen molar-refractivity contribution >= 4 is 49.6 Å². The van der Waals surface area contributed by atoms with E-state index in [1.54, 1.807) is 0 Å². The van der Waals surface area contributed by atoms with Gasteiger partial charge < -0.3 is 0 Å². The van der Waals surface area contributed by atoms with Crippen LogP contribution in [0.25, 0.3) is 0 Å². The number of thioether (sulfide) groups is 1. The summed E-state index contributed by atoms with van der Waals surface area (Å²) in [6, 6.07) is 0. The Balaban J connectivity index is 3.07. The number of hydrogen-bond donors (Lipinski definition) is 3. The molecule has 0 unspecified atom stereocenters. The molecule has 0 spiro atoms. The Morgan fingerprint density at radius 3 is 2.33 bits per heavy atom. The van der Waals surface area contributed by atoms with Crippen molar-refractivity contribution in [2.45, 2.75) is 11.0 Å². The van der Waals surface area contributed by atoms with Crippen LogP contribution in [-0.2, 0) is 0 Å². The van der Waals surface area contributed by atoms with E-state index in [1.165, 1.54) is 0 Å². The van der Waals surface area contributed by atoms with Crippen molar-refractivity contribution in [1.29, 1.82) is 0 Å². The highest BCUT2D eigenvalue weighted by molar-refractivity contribution is 8.05. The van der Waals surface area contributed by atoms with Crippen molar-refractivity contribution in [3.8, 4) is 0 Å². The highest BCUT2D eigenvalue weighted by atomic mass is 32.2. The minimum Gasteiger partial charge on any atom is -0.179 e. The first kappa shape index (κ1) is 10.4. The third-order valence-electron chi connectivity index (χ3n) is 0.611. The number of rotatable bonds is 4. The average Bonchev–Trinajstić information content (AvgIpc) is 1.63. The molecule has 0 aromatic heterocycles. The molecule has 0 aliphatic carbocycles. The van der Waals surface area contributed by atoms with Crippen LogP contribution in [0.5, 0.6) is 0 Å². The van der Waals surface area contributed by atoms with E-state index >= 15 is 0 Å². The molecular formula is C5H12S4. The lowest BCUT2D eigenvalue weighted by Gasteiger charge is -2.14. The summed E-state index contributed by atoms with van der Waals surface area (Å²) in [7, 11) is 0. The van der Waals surface area contributed by atoms with Gasteiger partial charge in [0.1, 0.15) is 0 Å². The summed E-state index contributed by atoms with van der Waals surface area (Å²) < 4.78 is -0.131. The Morgan fingerprint density at radius 2 is 2.00 bits per heavy atom. The van der Waals surface area contributed by atoms with E-state index < -0.39 is 0 Å².